The molecule has 32 heavy (non-hydrogen) atoms. The van der Waals surface area contributed by atoms with Gasteiger partial charge in [0, 0.05) is 51.6 Å². The van der Waals surface area contributed by atoms with Gasteiger partial charge in [0.05, 0.1) is 35.9 Å². The summed E-state index contributed by atoms with van der Waals surface area (Å²) in [5.74, 6) is -0.208. The van der Waals surface area contributed by atoms with Gasteiger partial charge in [-0.25, -0.2) is 9.37 Å². The molecule has 1 saturated heterocycles. The van der Waals surface area contributed by atoms with Gasteiger partial charge in [0.15, 0.2) is 0 Å². The Morgan fingerprint density at radius 2 is 2.22 bits per heavy atom. The molecule has 2 aliphatic heterocycles. The summed E-state index contributed by atoms with van der Waals surface area (Å²) in [4.78, 5) is 22.0. The zero-order valence-electron chi connectivity index (χ0n) is 18.9. The number of hydrogen-bond acceptors (Lipinski definition) is 6. The molecule has 1 amide bonds. The molecule has 0 radical (unpaired) electrons. The molecule has 1 unspecified atom stereocenters. The van der Waals surface area contributed by atoms with Crippen molar-refractivity contribution in [2.45, 2.75) is 38.4 Å². The maximum absolute atomic E-state index is 13.9. The molecule has 6 nitrogen and oxygen atoms in total. The van der Waals surface area contributed by atoms with Crippen LogP contribution < -0.4 is 0 Å². The molecule has 1 aromatic heterocycles. The molecule has 1 spiro atoms. The molecule has 8 heteroatoms. The number of halogens is 1. The third-order valence-electron chi connectivity index (χ3n) is 6.76. The Morgan fingerprint density at radius 1 is 1.41 bits per heavy atom. The highest BCUT2D eigenvalue weighted by atomic mass is 32.1. The van der Waals surface area contributed by atoms with Gasteiger partial charge in [-0.3, -0.25) is 4.79 Å². The lowest BCUT2D eigenvalue weighted by Gasteiger charge is -2.40. The number of rotatable bonds is 9. The van der Waals surface area contributed by atoms with Gasteiger partial charge in [-0.05, 0) is 43.0 Å². The Morgan fingerprint density at radius 3 is 2.91 bits per heavy atom. The highest BCUT2D eigenvalue weighted by molar-refractivity contribution is 7.07. The molecule has 2 aromatic rings. The van der Waals surface area contributed by atoms with Crippen molar-refractivity contribution in [3.05, 3.63) is 51.7 Å². The second-order valence-electron chi connectivity index (χ2n) is 8.68. The first-order valence-corrected chi connectivity index (χ1v) is 12.3. The van der Waals surface area contributed by atoms with Gasteiger partial charge < -0.3 is 19.3 Å². The van der Waals surface area contributed by atoms with Crippen LogP contribution in [-0.2, 0) is 32.9 Å². The normalized spacial score (nSPS) is 18.6. The SMILES string of the molecule is CCN(CCOC)C(=O)C(Cc1cscn1)CN1CCC2(CC1)OCc1ccc(F)cc12. The van der Waals surface area contributed by atoms with Crippen molar-refractivity contribution in [3.63, 3.8) is 0 Å². The number of nitrogens with zero attached hydrogens (tertiary/aromatic N) is 3. The quantitative estimate of drug-likeness (QED) is 0.573. The largest absolute Gasteiger partial charge is 0.383 e. The smallest absolute Gasteiger partial charge is 0.227 e. The van der Waals surface area contributed by atoms with Gasteiger partial charge in [0.25, 0.3) is 0 Å². The molecule has 0 saturated carbocycles. The Hall–Kier alpha value is -1.87. The van der Waals surface area contributed by atoms with Crippen molar-refractivity contribution in [1.82, 2.24) is 14.8 Å². The lowest BCUT2D eigenvalue weighted by Crippen LogP contribution is -2.48. The minimum absolute atomic E-state index is 0.155. The molecule has 4 rings (SSSR count). The summed E-state index contributed by atoms with van der Waals surface area (Å²) in [5, 5.41) is 2.02. The van der Waals surface area contributed by atoms with Crippen molar-refractivity contribution in [1.29, 1.82) is 0 Å². The Kier molecular flexibility index (Phi) is 7.55. The molecule has 2 aliphatic rings. The maximum Gasteiger partial charge on any atom is 0.227 e. The van der Waals surface area contributed by atoms with E-state index in [9.17, 15) is 9.18 Å². The molecule has 3 heterocycles. The van der Waals surface area contributed by atoms with Crippen molar-refractivity contribution in [2.24, 2.45) is 5.92 Å². The number of aromatic nitrogens is 1. The summed E-state index contributed by atoms with van der Waals surface area (Å²) in [5.41, 5.74) is 4.49. The van der Waals surface area contributed by atoms with E-state index in [1.165, 1.54) is 6.07 Å². The van der Waals surface area contributed by atoms with Crippen molar-refractivity contribution < 1.29 is 18.7 Å². The van der Waals surface area contributed by atoms with Crippen LogP contribution in [0.4, 0.5) is 4.39 Å². The molecular formula is C24H32FN3O3S. The van der Waals surface area contributed by atoms with E-state index < -0.39 is 5.60 Å². The topological polar surface area (TPSA) is 54.9 Å². The van der Waals surface area contributed by atoms with Gasteiger partial charge in [0.1, 0.15) is 5.82 Å². The van der Waals surface area contributed by atoms with E-state index in [-0.39, 0.29) is 17.6 Å². The number of amides is 1. The Bertz CT molecular complexity index is 900. The van der Waals surface area contributed by atoms with E-state index in [1.807, 2.05) is 28.8 Å². The van der Waals surface area contributed by atoms with E-state index in [2.05, 4.69) is 9.88 Å². The number of piperidine rings is 1. The number of likely N-dealkylation sites (tertiary alicyclic amines) is 1. The van der Waals surface area contributed by atoms with Gasteiger partial charge in [0.2, 0.25) is 5.91 Å². The molecule has 1 fully saturated rings. The second-order valence-corrected chi connectivity index (χ2v) is 9.40. The standard InChI is InChI=1S/C24H32FN3O3S/c1-3-28(10-11-30-2)23(29)19(12-21-16-32-17-26-21)14-27-8-6-24(7-9-27)22-13-20(25)5-4-18(22)15-31-24/h4-5,13,16-17,19H,3,6-12,14-15H2,1-2H3. The fourth-order valence-electron chi connectivity index (χ4n) is 4.92. The number of ether oxygens (including phenoxy) is 2. The van der Waals surface area contributed by atoms with E-state index in [4.69, 9.17) is 9.47 Å². The average Bonchev–Trinajstić information content (AvgIpc) is 3.44. The molecule has 0 N–H and O–H groups in total. The lowest BCUT2D eigenvalue weighted by molar-refractivity contribution is -0.137. The summed E-state index contributed by atoms with van der Waals surface area (Å²) >= 11 is 1.56. The van der Waals surface area contributed by atoms with Crippen LogP contribution in [0.2, 0.25) is 0 Å². The summed E-state index contributed by atoms with van der Waals surface area (Å²) < 4.78 is 25.3. The third-order valence-corrected chi connectivity index (χ3v) is 7.39. The summed E-state index contributed by atoms with van der Waals surface area (Å²) in [6.45, 7) is 6.67. The fraction of sp³-hybridized carbons (Fsp3) is 0.583. The molecule has 1 atom stereocenters. The fourth-order valence-corrected chi connectivity index (χ4v) is 5.49. The van der Waals surface area contributed by atoms with Crippen LogP contribution in [-0.4, -0.2) is 67.1 Å². The zero-order chi connectivity index (χ0) is 22.6. The van der Waals surface area contributed by atoms with Crippen molar-refractivity contribution in [3.8, 4) is 0 Å². The number of carbonyl (C=O) groups is 1. The van der Waals surface area contributed by atoms with Crippen LogP contribution >= 0.6 is 11.3 Å². The Labute approximate surface area is 193 Å². The van der Waals surface area contributed by atoms with E-state index >= 15 is 0 Å². The van der Waals surface area contributed by atoms with Crippen LogP contribution in [0, 0.1) is 11.7 Å². The molecule has 0 bridgehead atoms. The zero-order valence-corrected chi connectivity index (χ0v) is 19.7. The van der Waals surface area contributed by atoms with Crippen LogP contribution in [0.1, 0.15) is 36.6 Å². The van der Waals surface area contributed by atoms with Crippen molar-refractivity contribution >= 4 is 17.2 Å². The monoisotopic (exact) mass is 461 g/mol. The van der Waals surface area contributed by atoms with Gasteiger partial charge >= 0.3 is 0 Å². The number of fused-ring (bicyclic) bond motifs is 2. The summed E-state index contributed by atoms with van der Waals surface area (Å²) in [6, 6.07) is 4.99. The highest BCUT2D eigenvalue weighted by Crippen LogP contribution is 2.44. The predicted octanol–water partition coefficient (Wildman–Crippen LogP) is 3.46. The van der Waals surface area contributed by atoms with Gasteiger partial charge in [-0.1, -0.05) is 6.07 Å². The van der Waals surface area contributed by atoms with E-state index in [0.717, 1.165) is 42.8 Å². The molecule has 0 aliphatic carbocycles. The summed E-state index contributed by atoms with van der Waals surface area (Å²) in [6.07, 6.45) is 2.25. The number of methoxy groups -OCH3 is 1. The van der Waals surface area contributed by atoms with Crippen LogP contribution in [0.15, 0.2) is 29.1 Å². The number of thiazole rings is 1. The first-order chi connectivity index (χ1) is 15.5. The minimum Gasteiger partial charge on any atom is -0.383 e. The third kappa shape index (κ3) is 5.03. The molecule has 174 valence electrons. The van der Waals surface area contributed by atoms with Crippen LogP contribution in [0.5, 0.6) is 0 Å². The first kappa shape index (κ1) is 23.3. The number of benzene rings is 1. The summed E-state index contributed by atoms with van der Waals surface area (Å²) in [7, 11) is 1.66. The van der Waals surface area contributed by atoms with E-state index in [0.29, 0.717) is 39.3 Å². The second kappa shape index (κ2) is 10.4. The molecule has 1 aromatic carbocycles. The van der Waals surface area contributed by atoms with E-state index in [1.54, 1.807) is 24.5 Å². The number of hydrogen-bond donors (Lipinski definition) is 0. The molecular weight excluding hydrogens is 429 g/mol. The number of likely N-dealkylation sites (N-methyl/N-ethyl adjacent to an activating group) is 1. The predicted molar refractivity (Wildman–Crippen MR) is 122 cm³/mol. The first-order valence-electron chi connectivity index (χ1n) is 11.3. The highest BCUT2D eigenvalue weighted by Gasteiger charge is 2.43. The maximum atomic E-state index is 13.9. The van der Waals surface area contributed by atoms with Gasteiger partial charge in [-0.15, -0.1) is 11.3 Å². The number of carbonyl (C=O) groups excluding carboxylic acids is 1. The van der Waals surface area contributed by atoms with Crippen LogP contribution in [0.3, 0.4) is 0 Å². The minimum atomic E-state index is -0.393. The van der Waals surface area contributed by atoms with Gasteiger partial charge in [-0.2, -0.15) is 0 Å². The van der Waals surface area contributed by atoms with Crippen LogP contribution in [0.25, 0.3) is 0 Å². The lowest BCUT2D eigenvalue weighted by atomic mass is 9.83. The van der Waals surface area contributed by atoms with Crippen molar-refractivity contribution in [2.75, 3.05) is 46.4 Å². The Balaban J connectivity index is 1.43. The average molecular weight is 462 g/mol.